The minimum atomic E-state index is -0.0512. The van der Waals surface area contributed by atoms with Crippen LogP contribution in [0.3, 0.4) is 0 Å². The van der Waals surface area contributed by atoms with E-state index >= 15 is 0 Å². The second-order valence-electron chi connectivity index (χ2n) is 5.74. The van der Waals surface area contributed by atoms with E-state index in [1.54, 1.807) is 6.07 Å². The van der Waals surface area contributed by atoms with Crippen LogP contribution in [-0.2, 0) is 4.79 Å². The summed E-state index contributed by atoms with van der Waals surface area (Å²) < 4.78 is 4.97. The number of nitrogens with zero attached hydrogens (tertiary/aromatic N) is 2. The zero-order valence-corrected chi connectivity index (χ0v) is 12.4. The van der Waals surface area contributed by atoms with Gasteiger partial charge in [-0.2, -0.15) is 0 Å². The summed E-state index contributed by atoms with van der Waals surface area (Å²) in [5, 5.41) is 6.46. The van der Waals surface area contributed by atoms with E-state index in [4.69, 9.17) is 10.3 Å². The lowest BCUT2D eigenvalue weighted by Gasteiger charge is -2.17. The third-order valence-electron chi connectivity index (χ3n) is 4.25. The Morgan fingerprint density at radius 1 is 1.55 bits per heavy atom. The van der Waals surface area contributed by atoms with E-state index in [1.165, 1.54) is 6.42 Å². The molecule has 1 aliphatic heterocycles. The summed E-state index contributed by atoms with van der Waals surface area (Å²) in [6.45, 7) is 4.15. The van der Waals surface area contributed by atoms with Crippen molar-refractivity contribution in [3.63, 3.8) is 0 Å². The summed E-state index contributed by atoms with van der Waals surface area (Å²) in [6, 6.07) is 2.03. The molecule has 2 fully saturated rings. The minimum Gasteiger partial charge on any atom is -0.338 e. The van der Waals surface area contributed by atoms with Crippen molar-refractivity contribution in [2.45, 2.75) is 25.8 Å². The van der Waals surface area contributed by atoms with E-state index in [1.807, 2.05) is 6.92 Å². The molecule has 1 amide bonds. The molecular formula is C13H21ClN4O2. The van der Waals surface area contributed by atoms with Crippen molar-refractivity contribution in [3.05, 3.63) is 11.8 Å². The van der Waals surface area contributed by atoms with Crippen LogP contribution in [0, 0.1) is 18.8 Å². The molecule has 0 spiro atoms. The summed E-state index contributed by atoms with van der Waals surface area (Å²) in [7, 11) is 0. The van der Waals surface area contributed by atoms with Crippen molar-refractivity contribution >= 4 is 24.2 Å². The van der Waals surface area contributed by atoms with Gasteiger partial charge in [0.25, 0.3) is 0 Å². The van der Waals surface area contributed by atoms with Crippen molar-refractivity contribution in [2.75, 3.05) is 25.0 Å². The molecule has 3 rings (SSSR count). The van der Waals surface area contributed by atoms with E-state index in [2.05, 4.69) is 15.4 Å². The Bertz CT molecular complexity index is 479. The van der Waals surface area contributed by atoms with Crippen LogP contribution in [-0.4, -0.2) is 41.6 Å². The third-order valence-corrected chi connectivity index (χ3v) is 4.25. The molecule has 2 aliphatic rings. The van der Waals surface area contributed by atoms with Crippen LogP contribution in [0.15, 0.2) is 10.6 Å². The van der Waals surface area contributed by atoms with Gasteiger partial charge in [-0.05, 0) is 31.6 Å². The SMILES string of the molecule is Cc1cc(NC(=O)CN2CC3CCC(N)C3C2)on1.Cl. The number of anilines is 1. The summed E-state index contributed by atoms with van der Waals surface area (Å²) >= 11 is 0. The standard InChI is InChI=1S/C13H20N4O2.ClH/c1-8-4-13(19-16-8)15-12(18)7-17-5-9-2-3-11(14)10(9)6-17;/h4,9-11H,2-3,5-7,14H2,1H3,(H,15,18);1H. The summed E-state index contributed by atoms with van der Waals surface area (Å²) in [5.41, 5.74) is 6.85. The second-order valence-corrected chi connectivity index (χ2v) is 5.74. The van der Waals surface area contributed by atoms with Gasteiger partial charge in [0.1, 0.15) is 0 Å². The van der Waals surface area contributed by atoms with Gasteiger partial charge in [0.15, 0.2) is 0 Å². The molecule has 1 saturated carbocycles. The maximum absolute atomic E-state index is 11.9. The first-order valence-corrected chi connectivity index (χ1v) is 6.83. The molecule has 1 aromatic rings. The topological polar surface area (TPSA) is 84.4 Å². The third kappa shape index (κ3) is 3.13. The van der Waals surface area contributed by atoms with Crippen molar-refractivity contribution in [3.8, 4) is 0 Å². The Morgan fingerprint density at radius 2 is 2.35 bits per heavy atom. The molecule has 112 valence electrons. The largest absolute Gasteiger partial charge is 0.338 e. The van der Waals surface area contributed by atoms with E-state index in [0.29, 0.717) is 30.3 Å². The van der Waals surface area contributed by atoms with Crippen LogP contribution in [0.2, 0.25) is 0 Å². The lowest BCUT2D eigenvalue weighted by atomic mass is 9.98. The van der Waals surface area contributed by atoms with Gasteiger partial charge in [-0.15, -0.1) is 12.4 Å². The first-order chi connectivity index (χ1) is 9.11. The number of halogens is 1. The van der Waals surface area contributed by atoms with E-state index in [0.717, 1.165) is 25.2 Å². The van der Waals surface area contributed by atoms with Crippen LogP contribution in [0.5, 0.6) is 0 Å². The zero-order valence-electron chi connectivity index (χ0n) is 11.5. The average Bonchev–Trinajstić information content (AvgIpc) is 2.99. The van der Waals surface area contributed by atoms with Gasteiger partial charge in [0.2, 0.25) is 11.8 Å². The van der Waals surface area contributed by atoms with Crippen LogP contribution in [0.25, 0.3) is 0 Å². The fourth-order valence-corrected chi connectivity index (χ4v) is 3.33. The maximum Gasteiger partial charge on any atom is 0.240 e. The summed E-state index contributed by atoms with van der Waals surface area (Å²) in [6.07, 6.45) is 2.33. The monoisotopic (exact) mass is 300 g/mol. The lowest BCUT2D eigenvalue weighted by Crippen LogP contribution is -2.34. The number of nitrogens with two attached hydrogens (primary N) is 1. The molecule has 0 bridgehead atoms. The van der Waals surface area contributed by atoms with Gasteiger partial charge in [0.05, 0.1) is 12.2 Å². The molecule has 3 N–H and O–H groups in total. The van der Waals surface area contributed by atoms with Crippen molar-refractivity contribution in [2.24, 2.45) is 17.6 Å². The zero-order chi connectivity index (χ0) is 13.4. The van der Waals surface area contributed by atoms with Crippen LogP contribution in [0.1, 0.15) is 18.5 Å². The first-order valence-electron chi connectivity index (χ1n) is 6.83. The Hall–Kier alpha value is -1.11. The molecule has 3 unspecified atom stereocenters. The van der Waals surface area contributed by atoms with Gasteiger partial charge in [-0.3, -0.25) is 15.0 Å². The van der Waals surface area contributed by atoms with Gasteiger partial charge in [-0.1, -0.05) is 5.16 Å². The van der Waals surface area contributed by atoms with E-state index in [-0.39, 0.29) is 18.3 Å². The van der Waals surface area contributed by atoms with Gasteiger partial charge in [-0.25, -0.2) is 0 Å². The van der Waals surface area contributed by atoms with E-state index in [9.17, 15) is 4.79 Å². The molecule has 0 radical (unpaired) electrons. The van der Waals surface area contributed by atoms with Crippen molar-refractivity contribution in [1.82, 2.24) is 10.1 Å². The number of hydrogen-bond donors (Lipinski definition) is 2. The highest BCUT2D eigenvalue weighted by Gasteiger charge is 2.41. The van der Waals surface area contributed by atoms with Gasteiger partial charge >= 0.3 is 0 Å². The number of likely N-dealkylation sites (tertiary alicyclic amines) is 1. The highest BCUT2D eigenvalue weighted by Crippen LogP contribution is 2.36. The predicted molar refractivity (Wildman–Crippen MR) is 77.7 cm³/mol. The number of amides is 1. The predicted octanol–water partition coefficient (Wildman–Crippen LogP) is 1.01. The minimum absolute atomic E-state index is 0. The highest BCUT2D eigenvalue weighted by atomic mass is 35.5. The normalized spacial score (nSPS) is 29.0. The lowest BCUT2D eigenvalue weighted by molar-refractivity contribution is -0.117. The average molecular weight is 301 g/mol. The number of carbonyl (C=O) groups is 1. The van der Waals surface area contributed by atoms with Crippen molar-refractivity contribution in [1.29, 1.82) is 0 Å². The Balaban J connectivity index is 0.00000147. The number of carbonyl (C=O) groups excluding carboxylic acids is 1. The molecule has 1 aliphatic carbocycles. The Morgan fingerprint density at radius 3 is 3.00 bits per heavy atom. The van der Waals surface area contributed by atoms with Crippen LogP contribution < -0.4 is 11.1 Å². The maximum atomic E-state index is 11.9. The smallest absolute Gasteiger partial charge is 0.240 e. The highest BCUT2D eigenvalue weighted by molar-refractivity contribution is 5.91. The number of hydrogen-bond acceptors (Lipinski definition) is 5. The summed E-state index contributed by atoms with van der Waals surface area (Å²) in [5.74, 6) is 1.61. The van der Waals surface area contributed by atoms with Crippen LogP contribution in [0.4, 0.5) is 5.88 Å². The van der Waals surface area contributed by atoms with Gasteiger partial charge < -0.3 is 10.3 Å². The molecule has 1 saturated heterocycles. The van der Waals surface area contributed by atoms with Crippen molar-refractivity contribution < 1.29 is 9.32 Å². The molecule has 0 aromatic carbocycles. The molecule has 7 heteroatoms. The molecule has 2 heterocycles. The molecule has 3 atom stereocenters. The summed E-state index contributed by atoms with van der Waals surface area (Å²) in [4.78, 5) is 14.1. The first kappa shape index (κ1) is 15.3. The number of rotatable bonds is 3. The molecular weight excluding hydrogens is 280 g/mol. The fraction of sp³-hybridized carbons (Fsp3) is 0.692. The van der Waals surface area contributed by atoms with Crippen LogP contribution >= 0.6 is 12.4 Å². The number of fused-ring (bicyclic) bond motifs is 1. The number of nitrogens with one attached hydrogen (secondary N) is 1. The molecule has 6 nitrogen and oxygen atoms in total. The molecule has 20 heavy (non-hydrogen) atoms. The number of aryl methyl sites for hydroxylation is 1. The van der Waals surface area contributed by atoms with E-state index < -0.39 is 0 Å². The fourth-order valence-electron chi connectivity index (χ4n) is 3.33. The Kier molecular flexibility index (Phi) is 4.67. The van der Waals surface area contributed by atoms with Gasteiger partial charge in [0, 0.05) is 25.2 Å². The second kappa shape index (κ2) is 6.11. The quantitative estimate of drug-likeness (QED) is 0.870. The number of aromatic nitrogens is 1. The Labute approximate surface area is 124 Å². The molecule has 1 aromatic heterocycles.